The standard InChI is InChI=1S/C17H22N4/c1-12-5-7-13(8-6-12)16-15(19-10-9-18)11-20-17(21-16)14-3-2-4-14/h5-8,11,14,19H,2-4,9-10,18H2,1H3. The molecule has 110 valence electrons. The molecule has 1 heterocycles. The summed E-state index contributed by atoms with van der Waals surface area (Å²) < 4.78 is 0. The average Bonchev–Trinajstić information content (AvgIpc) is 2.45. The van der Waals surface area contributed by atoms with Crippen molar-refractivity contribution in [3.8, 4) is 11.3 Å². The van der Waals surface area contributed by atoms with Crippen LogP contribution < -0.4 is 11.1 Å². The maximum absolute atomic E-state index is 5.59. The number of nitrogens with two attached hydrogens (primary N) is 1. The van der Waals surface area contributed by atoms with E-state index >= 15 is 0 Å². The van der Waals surface area contributed by atoms with Crippen molar-refractivity contribution in [1.29, 1.82) is 0 Å². The van der Waals surface area contributed by atoms with Gasteiger partial charge in [-0.25, -0.2) is 9.97 Å². The van der Waals surface area contributed by atoms with Gasteiger partial charge in [-0.15, -0.1) is 0 Å². The lowest BCUT2D eigenvalue weighted by Crippen LogP contribution is -2.16. The predicted molar refractivity (Wildman–Crippen MR) is 86.3 cm³/mol. The lowest BCUT2D eigenvalue weighted by atomic mass is 9.85. The van der Waals surface area contributed by atoms with Crippen molar-refractivity contribution in [2.75, 3.05) is 18.4 Å². The Hall–Kier alpha value is -1.94. The highest BCUT2D eigenvalue weighted by atomic mass is 15.0. The second-order valence-electron chi connectivity index (χ2n) is 5.70. The fraction of sp³-hybridized carbons (Fsp3) is 0.412. The zero-order chi connectivity index (χ0) is 14.7. The summed E-state index contributed by atoms with van der Waals surface area (Å²) in [6.45, 7) is 3.42. The van der Waals surface area contributed by atoms with Gasteiger partial charge in [-0.05, 0) is 19.8 Å². The number of nitrogens with zero attached hydrogens (tertiary/aromatic N) is 2. The summed E-state index contributed by atoms with van der Waals surface area (Å²) in [7, 11) is 0. The molecule has 21 heavy (non-hydrogen) atoms. The van der Waals surface area contributed by atoms with E-state index in [-0.39, 0.29) is 0 Å². The SMILES string of the molecule is Cc1ccc(-c2nc(C3CCC3)ncc2NCCN)cc1. The van der Waals surface area contributed by atoms with Crippen LogP contribution in [0.15, 0.2) is 30.5 Å². The monoisotopic (exact) mass is 282 g/mol. The number of anilines is 1. The van der Waals surface area contributed by atoms with Crippen molar-refractivity contribution in [2.24, 2.45) is 5.73 Å². The van der Waals surface area contributed by atoms with Gasteiger partial charge in [0.15, 0.2) is 0 Å². The molecule has 0 spiro atoms. The summed E-state index contributed by atoms with van der Waals surface area (Å²) in [5, 5.41) is 3.33. The van der Waals surface area contributed by atoms with Crippen LogP contribution in [0.2, 0.25) is 0 Å². The van der Waals surface area contributed by atoms with Crippen molar-refractivity contribution in [1.82, 2.24) is 9.97 Å². The molecule has 1 aliphatic rings. The van der Waals surface area contributed by atoms with Gasteiger partial charge in [0.25, 0.3) is 0 Å². The number of benzene rings is 1. The molecular weight excluding hydrogens is 260 g/mol. The molecule has 3 rings (SSSR count). The zero-order valence-electron chi connectivity index (χ0n) is 12.5. The first kappa shape index (κ1) is 14.0. The van der Waals surface area contributed by atoms with Gasteiger partial charge in [-0.1, -0.05) is 36.2 Å². The van der Waals surface area contributed by atoms with Crippen LogP contribution in [0, 0.1) is 6.92 Å². The molecule has 0 saturated heterocycles. The fourth-order valence-electron chi connectivity index (χ4n) is 2.53. The van der Waals surface area contributed by atoms with E-state index < -0.39 is 0 Å². The second kappa shape index (κ2) is 6.22. The van der Waals surface area contributed by atoms with Gasteiger partial charge in [0.1, 0.15) is 5.82 Å². The summed E-state index contributed by atoms with van der Waals surface area (Å²) in [4.78, 5) is 9.38. The van der Waals surface area contributed by atoms with Crippen LogP contribution in [0.25, 0.3) is 11.3 Å². The van der Waals surface area contributed by atoms with Crippen molar-refractivity contribution >= 4 is 5.69 Å². The first-order valence-electron chi connectivity index (χ1n) is 7.66. The number of hydrogen-bond donors (Lipinski definition) is 2. The van der Waals surface area contributed by atoms with Crippen molar-refractivity contribution in [3.05, 3.63) is 41.9 Å². The Balaban J connectivity index is 1.97. The molecule has 1 aromatic carbocycles. The lowest BCUT2D eigenvalue weighted by molar-refractivity contribution is 0.402. The van der Waals surface area contributed by atoms with Crippen LogP contribution in [0.1, 0.15) is 36.6 Å². The topological polar surface area (TPSA) is 63.8 Å². The maximum atomic E-state index is 5.59. The maximum Gasteiger partial charge on any atom is 0.132 e. The largest absolute Gasteiger partial charge is 0.381 e. The molecule has 4 nitrogen and oxygen atoms in total. The van der Waals surface area contributed by atoms with Crippen LogP contribution in [-0.4, -0.2) is 23.1 Å². The van der Waals surface area contributed by atoms with E-state index in [1.165, 1.54) is 24.8 Å². The minimum Gasteiger partial charge on any atom is -0.381 e. The fourth-order valence-corrected chi connectivity index (χ4v) is 2.53. The number of hydrogen-bond acceptors (Lipinski definition) is 4. The molecule has 3 N–H and O–H groups in total. The Kier molecular flexibility index (Phi) is 4.15. The summed E-state index contributed by atoms with van der Waals surface area (Å²) in [5.41, 5.74) is 9.92. The average molecular weight is 282 g/mol. The van der Waals surface area contributed by atoms with Gasteiger partial charge in [0, 0.05) is 24.6 Å². The molecule has 0 radical (unpaired) electrons. The summed E-state index contributed by atoms with van der Waals surface area (Å²) >= 11 is 0. The molecule has 1 saturated carbocycles. The Morgan fingerprint density at radius 2 is 2.00 bits per heavy atom. The molecule has 0 bridgehead atoms. The zero-order valence-corrected chi connectivity index (χ0v) is 12.5. The summed E-state index contributed by atoms with van der Waals surface area (Å²) in [5.74, 6) is 1.52. The van der Waals surface area contributed by atoms with Gasteiger partial charge in [0.2, 0.25) is 0 Å². The third-order valence-corrected chi connectivity index (χ3v) is 4.06. The molecule has 0 atom stereocenters. The third-order valence-electron chi connectivity index (χ3n) is 4.06. The lowest BCUT2D eigenvalue weighted by Gasteiger charge is -2.24. The van der Waals surface area contributed by atoms with Gasteiger partial charge in [0.05, 0.1) is 17.6 Å². The van der Waals surface area contributed by atoms with Crippen LogP contribution in [-0.2, 0) is 0 Å². The number of aromatic nitrogens is 2. The van der Waals surface area contributed by atoms with E-state index in [0.717, 1.165) is 29.3 Å². The van der Waals surface area contributed by atoms with Gasteiger partial charge >= 0.3 is 0 Å². The number of nitrogens with one attached hydrogen (secondary N) is 1. The minimum atomic E-state index is 0.540. The van der Waals surface area contributed by atoms with Gasteiger partial charge in [-0.2, -0.15) is 0 Å². The van der Waals surface area contributed by atoms with E-state index in [4.69, 9.17) is 10.7 Å². The van der Waals surface area contributed by atoms with Crippen molar-refractivity contribution in [2.45, 2.75) is 32.1 Å². The molecule has 0 aliphatic heterocycles. The Morgan fingerprint density at radius 3 is 2.62 bits per heavy atom. The third kappa shape index (κ3) is 3.05. The Bertz CT molecular complexity index is 603. The van der Waals surface area contributed by atoms with Crippen molar-refractivity contribution < 1.29 is 0 Å². The summed E-state index contributed by atoms with van der Waals surface area (Å²) in [6.07, 6.45) is 5.62. The van der Waals surface area contributed by atoms with E-state index in [1.54, 1.807) is 0 Å². The predicted octanol–water partition coefficient (Wildman–Crippen LogP) is 3.09. The second-order valence-corrected chi connectivity index (χ2v) is 5.70. The van der Waals surface area contributed by atoms with Crippen LogP contribution in [0.3, 0.4) is 0 Å². The smallest absolute Gasteiger partial charge is 0.132 e. The van der Waals surface area contributed by atoms with Gasteiger partial charge < -0.3 is 11.1 Å². The molecule has 1 aliphatic carbocycles. The molecule has 1 aromatic heterocycles. The van der Waals surface area contributed by atoms with Crippen molar-refractivity contribution in [3.63, 3.8) is 0 Å². The van der Waals surface area contributed by atoms with E-state index in [1.807, 2.05) is 6.20 Å². The Labute approximate surface area is 125 Å². The minimum absolute atomic E-state index is 0.540. The number of rotatable bonds is 5. The highest BCUT2D eigenvalue weighted by molar-refractivity contribution is 5.73. The molecule has 4 heteroatoms. The van der Waals surface area contributed by atoms with Crippen LogP contribution in [0.4, 0.5) is 5.69 Å². The van der Waals surface area contributed by atoms with Crippen LogP contribution in [0.5, 0.6) is 0 Å². The molecule has 0 unspecified atom stereocenters. The normalized spacial score (nSPS) is 14.8. The van der Waals surface area contributed by atoms with Crippen LogP contribution >= 0.6 is 0 Å². The van der Waals surface area contributed by atoms with E-state index in [0.29, 0.717) is 12.5 Å². The van der Waals surface area contributed by atoms with E-state index in [9.17, 15) is 0 Å². The van der Waals surface area contributed by atoms with Gasteiger partial charge in [-0.3, -0.25) is 0 Å². The Morgan fingerprint density at radius 1 is 1.24 bits per heavy atom. The molecule has 2 aromatic rings. The molecule has 0 amide bonds. The first-order valence-corrected chi connectivity index (χ1v) is 7.66. The van der Waals surface area contributed by atoms with E-state index in [2.05, 4.69) is 41.5 Å². The highest BCUT2D eigenvalue weighted by Crippen LogP contribution is 2.36. The highest BCUT2D eigenvalue weighted by Gasteiger charge is 2.23. The molecule has 1 fully saturated rings. The number of aryl methyl sites for hydroxylation is 1. The first-order chi connectivity index (χ1) is 10.3. The quantitative estimate of drug-likeness (QED) is 0.884. The molecular formula is C17H22N4. The summed E-state index contributed by atoms with van der Waals surface area (Å²) in [6, 6.07) is 8.48.